The second-order valence-electron chi connectivity index (χ2n) is 3.00. The molecule has 84 valence electrons. The normalized spacial score (nSPS) is 10.8. The van der Waals surface area contributed by atoms with Gasteiger partial charge in [-0.3, -0.25) is 4.79 Å². The predicted octanol–water partition coefficient (Wildman–Crippen LogP) is 0.965. The van der Waals surface area contributed by atoms with E-state index in [-0.39, 0.29) is 11.6 Å². The summed E-state index contributed by atoms with van der Waals surface area (Å²) < 4.78 is 4.43. The second kappa shape index (κ2) is 5.65. The Hall–Kier alpha value is -2.17. The van der Waals surface area contributed by atoms with Crippen molar-refractivity contribution in [3.63, 3.8) is 0 Å². The summed E-state index contributed by atoms with van der Waals surface area (Å²) in [6.07, 6.45) is 0. The molecule has 0 spiro atoms. The van der Waals surface area contributed by atoms with Crippen molar-refractivity contribution in [3.8, 4) is 0 Å². The molecule has 16 heavy (non-hydrogen) atoms. The maximum Gasteiger partial charge on any atom is 0.353 e. The van der Waals surface area contributed by atoms with Crippen molar-refractivity contribution < 1.29 is 14.3 Å². The summed E-state index contributed by atoms with van der Waals surface area (Å²) in [7, 11) is 1.25. The highest BCUT2D eigenvalue weighted by atomic mass is 16.5. The number of hydrazone groups is 1. The Morgan fingerprint density at radius 3 is 2.44 bits per heavy atom. The zero-order valence-corrected chi connectivity index (χ0v) is 9.06. The molecule has 5 nitrogen and oxygen atoms in total. The van der Waals surface area contributed by atoms with E-state index in [1.165, 1.54) is 14.0 Å². The number of nitrogens with zero attached hydrogens (tertiary/aromatic N) is 1. The minimum absolute atomic E-state index is 0.0896. The van der Waals surface area contributed by atoms with Gasteiger partial charge in [0.25, 0.3) is 5.91 Å². The van der Waals surface area contributed by atoms with E-state index in [4.69, 9.17) is 0 Å². The van der Waals surface area contributed by atoms with Crippen molar-refractivity contribution in [2.24, 2.45) is 5.10 Å². The molecule has 0 unspecified atom stereocenters. The van der Waals surface area contributed by atoms with Crippen molar-refractivity contribution in [3.05, 3.63) is 35.9 Å². The molecule has 0 saturated heterocycles. The molecule has 0 aromatic heterocycles. The Morgan fingerprint density at radius 1 is 1.25 bits per heavy atom. The van der Waals surface area contributed by atoms with Crippen LogP contribution in [0.3, 0.4) is 0 Å². The molecule has 0 aliphatic carbocycles. The van der Waals surface area contributed by atoms with Crippen LogP contribution in [0, 0.1) is 0 Å². The van der Waals surface area contributed by atoms with Crippen molar-refractivity contribution in [2.75, 3.05) is 7.11 Å². The fourth-order valence-electron chi connectivity index (χ4n) is 0.982. The SMILES string of the molecule is COC(=O)/C(C)=N\NC(=O)c1ccccc1. The summed E-state index contributed by atoms with van der Waals surface area (Å²) in [4.78, 5) is 22.4. The predicted molar refractivity (Wildman–Crippen MR) is 59.0 cm³/mol. The van der Waals surface area contributed by atoms with Gasteiger partial charge in [-0.1, -0.05) is 18.2 Å². The molecule has 0 radical (unpaired) electrons. The van der Waals surface area contributed by atoms with Crippen LogP contribution in [0.1, 0.15) is 17.3 Å². The highest BCUT2D eigenvalue weighted by Gasteiger charge is 2.07. The monoisotopic (exact) mass is 220 g/mol. The molecule has 1 aromatic carbocycles. The van der Waals surface area contributed by atoms with Crippen LogP contribution in [0.2, 0.25) is 0 Å². The Balaban J connectivity index is 2.63. The Labute approximate surface area is 93.1 Å². The molecule has 0 aliphatic rings. The summed E-state index contributed by atoms with van der Waals surface area (Å²) in [6.45, 7) is 1.46. The summed E-state index contributed by atoms with van der Waals surface area (Å²) >= 11 is 0. The van der Waals surface area contributed by atoms with Gasteiger partial charge >= 0.3 is 5.97 Å². The quantitative estimate of drug-likeness (QED) is 0.468. The minimum Gasteiger partial charge on any atom is -0.464 e. The van der Waals surface area contributed by atoms with Gasteiger partial charge in [0, 0.05) is 5.56 Å². The molecular weight excluding hydrogens is 208 g/mol. The van der Waals surface area contributed by atoms with Crippen molar-refractivity contribution >= 4 is 17.6 Å². The molecule has 0 heterocycles. The van der Waals surface area contributed by atoms with Gasteiger partial charge in [0.1, 0.15) is 5.71 Å². The third-order valence-electron chi connectivity index (χ3n) is 1.84. The first kappa shape index (κ1) is 11.9. The Morgan fingerprint density at radius 2 is 1.88 bits per heavy atom. The molecule has 1 N–H and O–H groups in total. The number of carbonyl (C=O) groups excluding carboxylic acids is 2. The van der Waals surface area contributed by atoms with Gasteiger partial charge in [0.2, 0.25) is 0 Å². The van der Waals surface area contributed by atoms with Crippen molar-refractivity contribution in [1.29, 1.82) is 0 Å². The van der Waals surface area contributed by atoms with E-state index in [0.29, 0.717) is 5.56 Å². The molecule has 0 atom stereocenters. The summed E-state index contributed by atoms with van der Waals surface area (Å²) in [5.41, 5.74) is 2.83. The van der Waals surface area contributed by atoms with Crippen LogP contribution in [-0.4, -0.2) is 24.7 Å². The standard InChI is InChI=1S/C11H12N2O3/c1-8(11(15)16-2)12-13-10(14)9-6-4-3-5-7-9/h3-7H,1-2H3,(H,13,14)/b12-8-. The van der Waals surface area contributed by atoms with Crippen LogP contribution < -0.4 is 5.43 Å². The molecule has 0 bridgehead atoms. The first-order valence-electron chi connectivity index (χ1n) is 4.63. The number of esters is 1. The molecule has 0 saturated carbocycles. The van der Waals surface area contributed by atoms with Crippen molar-refractivity contribution in [2.45, 2.75) is 6.92 Å². The lowest BCUT2D eigenvalue weighted by atomic mass is 10.2. The van der Waals surface area contributed by atoms with Gasteiger partial charge in [-0.25, -0.2) is 10.2 Å². The van der Waals surface area contributed by atoms with Crippen LogP contribution in [0.4, 0.5) is 0 Å². The lowest BCUT2D eigenvalue weighted by molar-refractivity contribution is -0.132. The van der Waals surface area contributed by atoms with Gasteiger partial charge < -0.3 is 4.74 Å². The van der Waals surface area contributed by atoms with Crippen LogP contribution >= 0.6 is 0 Å². The van der Waals surface area contributed by atoms with E-state index < -0.39 is 5.97 Å². The van der Waals surface area contributed by atoms with Crippen molar-refractivity contribution in [1.82, 2.24) is 5.43 Å². The molecule has 0 fully saturated rings. The summed E-state index contributed by atoms with van der Waals surface area (Å²) in [5, 5.41) is 3.61. The van der Waals surface area contributed by atoms with E-state index in [9.17, 15) is 9.59 Å². The average Bonchev–Trinajstić information content (AvgIpc) is 2.35. The average molecular weight is 220 g/mol. The molecule has 0 aliphatic heterocycles. The molecule has 5 heteroatoms. The van der Waals surface area contributed by atoms with E-state index in [1.807, 2.05) is 0 Å². The van der Waals surface area contributed by atoms with Gasteiger partial charge in [0.15, 0.2) is 0 Å². The highest BCUT2D eigenvalue weighted by molar-refractivity contribution is 6.35. The van der Waals surface area contributed by atoms with Gasteiger partial charge in [-0.15, -0.1) is 0 Å². The fraction of sp³-hybridized carbons (Fsp3) is 0.182. The smallest absolute Gasteiger partial charge is 0.353 e. The van der Waals surface area contributed by atoms with Crippen LogP contribution in [0.25, 0.3) is 0 Å². The zero-order valence-electron chi connectivity index (χ0n) is 9.06. The topological polar surface area (TPSA) is 67.8 Å². The number of nitrogens with one attached hydrogen (secondary N) is 1. The maximum absolute atomic E-state index is 11.5. The summed E-state index contributed by atoms with van der Waals surface area (Å²) in [6, 6.07) is 8.59. The number of hydrogen-bond acceptors (Lipinski definition) is 4. The number of rotatable bonds is 3. The molecular formula is C11H12N2O3. The molecule has 1 amide bonds. The number of benzene rings is 1. The maximum atomic E-state index is 11.5. The minimum atomic E-state index is -0.576. The highest BCUT2D eigenvalue weighted by Crippen LogP contribution is 1.97. The Kier molecular flexibility index (Phi) is 4.20. The molecule has 1 aromatic rings. The molecule has 1 rings (SSSR count). The number of hydrogen-bond donors (Lipinski definition) is 1. The summed E-state index contributed by atoms with van der Waals surface area (Å²) in [5.74, 6) is -0.947. The lowest BCUT2D eigenvalue weighted by Crippen LogP contribution is -2.22. The largest absolute Gasteiger partial charge is 0.464 e. The van der Waals surface area contributed by atoms with Gasteiger partial charge in [-0.05, 0) is 19.1 Å². The van der Waals surface area contributed by atoms with E-state index in [1.54, 1.807) is 30.3 Å². The number of methoxy groups -OCH3 is 1. The van der Waals surface area contributed by atoms with Gasteiger partial charge in [0.05, 0.1) is 7.11 Å². The fourth-order valence-corrected chi connectivity index (χ4v) is 0.982. The first-order valence-corrected chi connectivity index (χ1v) is 4.63. The second-order valence-corrected chi connectivity index (χ2v) is 3.00. The van der Waals surface area contributed by atoms with E-state index in [2.05, 4.69) is 15.3 Å². The zero-order chi connectivity index (χ0) is 12.0. The van der Waals surface area contributed by atoms with Gasteiger partial charge in [-0.2, -0.15) is 5.10 Å². The lowest BCUT2D eigenvalue weighted by Gasteiger charge is -2.00. The van der Waals surface area contributed by atoms with E-state index >= 15 is 0 Å². The Bertz CT molecular complexity index is 412. The third-order valence-corrected chi connectivity index (χ3v) is 1.84. The van der Waals surface area contributed by atoms with Crippen LogP contribution in [0.15, 0.2) is 35.4 Å². The van der Waals surface area contributed by atoms with Crippen LogP contribution in [0.5, 0.6) is 0 Å². The number of carbonyl (C=O) groups is 2. The van der Waals surface area contributed by atoms with E-state index in [0.717, 1.165) is 0 Å². The third kappa shape index (κ3) is 3.20. The van der Waals surface area contributed by atoms with Crippen LogP contribution in [-0.2, 0) is 9.53 Å². The number of amides is 1. The number of ether oxygens (including phenoxy) is 1. The first-order chi connectivity index (χ1) is 7.65.